The van der Waals surface area contributed by atoms with Gasteiger partial charge in [-0.05, 0) is 61.9 Å². The summed E-state index contributed by atoms with van der Waals surface area (Å²) in [6.07, 6.45) is -0.220. The molecule has 0 amide bonds. The molecular formula is C24H23ClN2O2. The van der Waals surface area contributed by atoms with Gasteiger partial charge in [-0.15, -0.1) is 0 Å². The number of halogens is 1. The molecule has 0 saturated carbocycles. The first-order chi connectivity index (χ1) is 14.1. The van der Waals surface area contributed by atoms with Gasteiger partial charge in [-0.2, -0.15) is 0 Å². The first-order valence-electron chi connectivity index (χ1n) is 9.67. The predicted octanol–water partition coefficient (Wildman–Crippen LogP) is 6.22. The average Bonchev–Trinajstić information content (AvgIpc) is 3.10. The van der Waals surface area contributed by atoms with Gasteiger partial charge in [0.15, 0.2) is 11.9 Å². The maximum atomic E-state index is 6.13. The van der Waals surface area contributed by atoms with Crippen molar-refractivity contribution < 1.29 is 9.47 Å². The highest BCUT2D eigenvalue weighted by molar-refractivity contribution is 6.30. The number of fused-ring (bicyclic) bond motifs is 1. The first-order valence-corrected chi connectivity index (χ1v) is 10.1. The zero-order valence-electron chi connectivity index (χ0n) is 16.5. The van der Waals surface area contributed by atoms with Crippen LogP contribution in [-0.4, -0.2) is 16.2 Å². The third-order valence-electron chi connectivity index (χ3n) is 4.84. The second kappa shape index (κ2) is 8.58. The molecule has 3 aromatic carbocycles. The second-order valence-electron chi connectivity index (χ2n) is 6.94. The van der Waals surface area contributed by atoms with Crippen molar-refractivity contribution in [1.82, 2.24) is 9.55 Å². The van der Waals surface area contributed by atoms with Crippen molar-refractivity contribution in [3.8, 4) is 11.5 Å². The fourth-order valence-corrected chi connectivity index (χ4v) is 3.50. The normalized spacial score (nSPS) is 12.1. The van der Waals surface area contributed by atoms with Crippen LogP contribution in [0.2, 0.25) is 5.02 Å². The summed E-state index contributed by atoms with van der Waals surface area (Å²) in [5.74, 6) is 2.54. The Bertz CT molecular complexity index is 1110. The molecule has 4 aromatic rings. The minimum atomic E-state index is -0.220. The summed E-state index contributed by atoms with van der Waals surface area (Å²) < 4.78 is 14.3. The highest BCUT2D eigenvalue weighted by atomic mass is 35.5. The van der Waals surface area contributed by atoms with E-state index in [0.717, 1.165) is 33.9 Å². The average molecular weight is 407 g/mol. The molecule has 5 heteroatoms. The third kappa shape index (κ3) is 4.38. The van der Waals surface area contributed by atoms with Gasteiger partial charge in [-0.25, -0.2) is 4.98 Å². The molecule has 0 fully saturated rings. The number of imidazole rings is 1. The predicted molar refractivity (Wildman–Crippen MR) is 117 cm³/mol. The Morgan fingerprint density at radius 1 is 0.966 bits per heavy atom. The number of aryl methyl sites for hydroxylation is 1. The zero-order valence-corrected chi connectivity index (χ0v) is 17.3. The van der Waals surface area contributed by atoms with Gasteiger partial charge in [0.2, 0.25) is 0 Å². The van der Waals surface area contributed by atoms with E-state index in [-0.39, 0.29) is 6.10 Å². The molecule has 0 bridgehead atoms. The molecule has 0 N–H and O–H groups in total. The van der Waals surface area contributed by atoms with Crippen LogP contribution < -0.4 is 9.47 Å². The lowest BCUT2D eigenvalue weighted by Crippen LogP contribution is -2.15. The van der Waals surface area contributed by atoms with E-state index in [9.17, 15) is 0 Å². The van der Waals surface area contributed by atoms with Gasteiger partial charge in [0.05, 0.1) is 17.6 Å². The summed E-state index contributed by atoms with van der Waals surface area (Å²) in [6.45, 7) is 5.29. The van der Waals surface area contributed by atoms with Crippen LogP contribution >= 0.6 is 11.6 Å². The fraction of sp³-hybridized carbons (Fsp3) is 0.208. The molecule has 0 radical (unpaired) electrons. The molecule has 4 rings (SSSR count). The standard InChI is InChI=1S/C24H23ClN2O2/c1-17-7-3-6-10-23(17)28-16-15-27-22-9-5-4-8-21(22)26-24(27)18(2)29-20-13-11-19(25)12-14-20/h3-14,18H,15-16H2,1-2H3. The number of para-hydroxylation sites is 3. The van der Waals surface area contributed by atoms with E-state index < -0.39 is 0 Å². The van der Waals surface area contributed by atoms with E-state index in [1.54, 1.807) is 0 Å². The monoisotopic (exact) mass is 406 g/mol. The molecule has 1 aromatic heterocycles. The van der Waals surface area contributed by atoms with E-state index in [1.807, 2.05) is 67.6 Å². The highest BCUT2D eigenvalue weighted by Gasteiger charge is 2.18. The van der Waals surface area contributed by atoms with Crippen LogP contribution in [-0.2, 0) is 6.54 Å². The topological polar surface area (TPSA) is 36.3 Å². The van der Waals surface area contributed by atoms with Gasteiger partial charge in [-0.1, -0.05) is 41.9 Å². The summed E-state index contributed by atoms with van der Waals surface area (Å²) in [5.41, 5.74) is 3.15. The number of hydrogen-bond donors (Lipinski definition) is 0. The molecule has 0 saturated heterocycles. The molecule has 1 heterocycles. The molecule has 0 aliphatic heterocycles. The van der Waals surface area contributed by atoms with E-state index in [0.29, 0.717) is 18.2 Å². The summed E-state index contributed by atoms with van der Waals surface area (Å²) in [6, 6.07) is 23.5. The maximum absolute atomic E-state index is 6.13. The highest BCUT2D eigenvalue weighted by Crippen LogP contribution is 2.26. The number of ether oxygens (including phenoxy) is 2. The Balaban J connectivity index is 1.56. The van der Waals surface area contributed by atoms with Crippen LogP contribution in [0.3, 0.4) is 0 Å². The Labute approximate surface area is 175 Å². The van der Waals surface area contributed by atoms with Crippen molar-refractivity contribution in [2.75, 3.05) is 6.61 Å². The van der Waals surface area contributed by atoms with Gasteiger partial charge in [0, 0.05) is 5.02 Å². The van der Waals surface area contributed by atoms with E-state index >= 15 is 0 Å². The van der Waals surface area contributed by atoms with Crippen LogP contribution in [0.15, 0.2) is 72.8 Å². The van der Waals surface area contributed by atoms with Crippen molar-refractivity contribution in [1.29, 1.82) is 0 Å². The number of hydrogen-bond acceptors (Lipinski definition) is 3. The molecule has 1 unspecified atom stereocenters. The number of nitrogens with zero attached hydrogens (tertiary/aromatic N) is 2. The van der Waals surface area contributed by atoms with E-state index in [2.05, 4.69) is 23.6 Å². The minimum absolute atomic E-state index is 0.220. The van der Waals surface area contributed by atoms with Crippen molar-refractivity contribution in [3.05, 3.63) is 89.2 Å². The van der Waals surface area contributed by atoms with E-state index in [4.69, 9.17) is 26.1 Å². The van der Waals surface area contributed by atoms with Crippen LogP contribution in [0.25, 0.3) is 11.0 Å². The quantitative estimate of drug-likeness (QED) is 0.365. The second-order valence-corrected chi connectivity index (χ2v) is 7.37. The van der Waals surface area contributed by atoms with Gasteiger partial charge < -0.3 is 14.0 Å². The van der Waals surface area contributed by atoms with E-state index in [1.165, 1.54) is 0 Å². The molecular weight excluding hydrogens is 384 g/mol. The Morgan fingerprint density at radius 3 is 2.48 bits per heavy atom. The smallest absolute Gasteiger partial charge is 0.153 e. The van der Waals surface area contributed by atoms with Gasteiger partial charge in [-0.3, -0.25) is 0 Å². The Kier molecular flexibility index (Phi) is 5.72. The van der Waals surface area contributed by atoms with Crippen molar-refractivity contribution in [3.63, 3.8) is 0 Å². The molecule has 1 atom stereocenters. The maximum Gasteiger partial charge on any atom is 0.153 e. The van der Waals surface area contributed by atoms with Crippen molar-refractivity contribution in [2.24, 2.45) is 0 Å². The molecule has 148 valence electrons. The minimum Gasteiger partial charge on any atom is -0.491 e. The van der Waals surface area contributed by atoms with Gasteiger partial charge >= 0.3 is 0 Å². The molecule has 29 heavy (non-hydrogen) atoms. The largest absolute Gasteiger partial charge is 0.491 e. The van der Waals surface area contributed by atoms with Crippen molar-refractivity contribution >= 4 is 22.6 Å². The Morgan fingerprint density at radius 2 is 1.69 bits per heavy atom. The molecule has 0 spiro atoms. The Hall–Kier alpha value is -2.98. The molecule has 0 aliphatic carbocycles. The van der Waals surface area contributed by atoms with Gasteiger partial charge in [0.25, 0.3) is 0 Å². The number of aromatic nitrogens is 2. The number of benzene rings is 3. The van der Waals surface area contributed by atoms with Crippen LogP contribution in [0.4, 0.5) is 0 Å². The van der Waals surface area contributed by atoms with Crippen LogP contribution in [0.1, 0.15) is 24.4 Å². The molecule has 4 nitrogen and oxygen atoms in total. The lowest BCUT2D eigenvalue weighted by atomic mass is 10.2. The summed E-state index contributed by atoms with van der Waals surface area (Å²) in [4.78, 5) is 4.83. The van der Waals surface area contributed by atoms with Crippen molar-refractivity contribution in [2.45, 2.75) is 26.5 Å². The number of rotatable bonds is 7. The molecule has 0 aliphatic rings. The fourth-order valence-electron chi connectivity index (χ4n) is 3.37. The van der Waals surface area contributed by atoms with Crippen LogP contribution in [0.5, 0.6) is 11.5 Å². The lowest BCUT2D eigenvalue weighted by molar-refractivity contribution is 0.207. The SMILES string of the molecule is Cc1ccccc1OCCn1c(C(C)Oc2ccc(Cl)cc2)nc2ccccc21. The summed E-state index contributed by atoms with van der Waals surface area (Å²) >= 11 is 5.98. The third-order valence-corrected chi connectivity index (χ3v) is 5.09. The lowest BCUT2D eigenvalue weighted by Gasteiger charge is -2.17. The first kappa shape index (κ1) is 19.3. The summed E-state index contributed by atoms with van der Waals surface area (Å²) in [5, 5.41) is 0.686. The zero-order chi connectivity index (χ0) is 20.2. The summed E-state index contributed by atoms with van der Waals surface area (Å²) in [7, 11) is 0. The van der Waals surface area contributed by atoms with Crippen LogP contribution in [0, 0.1) is 6.92 Å². The van der Waals surface area contributed by atoms with Gasteiger partial charge in [0.1, 0.15) is 18.1 Å².